The van der Waals surface area contributed by atoms with Gasteiger partial charge in [-0.3, -0.25) is 4.79 Å². The minimum Gasteiger partial charge on any atom is -0.452 e. The SMILES string of the molecule is Cc1ccc(NC(=O)COC(=O)C=Cc2ccccc2F)cc1. The molecule has 2 aromatic carbocycles. The highest BCUT2D eigenvalue weighted by atomic mass is 19.1. The monoisotopic (exact) mass is 313 g/mol. The van der Waals surface area contributed by atoms with Gasteiger partial charge in [-0.1, -0.05) is 35.9 Å². The molecule has 0 aliphatic heterocycles. The molecule has 0 fully saturated rings. The van der Waals surface area contributed by atoms with Crippen molar-refractivity contribution < 1.29 is 18.7 Å². The summed E-state index contributed by atoms with van der Waals surface area (Å²) in [4.78, 5) is 23.2. The Bertz CT molecular complexity index is 723. The second-order valence-electron chi connectivity index (χ2n) is 4.88. The largest absolute Gasteiger partial charge is 0.452 e. The van der Waals surface area contributed by atoms with Gasteiger partial charge in [-0.2, -0.15) is 0 Å². The Balaban J connectivity index is 1.81. The van der Waals surface area contributed by atoms with Crippen LogP contribution in [0, 0.1) is 12.7 Å². The minimum absolute atomic E-state index is 0.272. The van der Waals surface area contributed by atoms with E-state index in [1.807, 2.05) is 19.1 Å². The number of esters is 1. The topological polar surface area (TPSA) is 55.4 Å². The molecule has 0 atom stereocenters. The van der Waals surface area contributed by atoms with E-state index in [0.717, 1.165) is 11.6 Å². The van der Waals surface area contributed by atoms with Crippen LogP contribution in [0.2, 0.25) is 0 Å². The third kappa shape index (κ3) is 5.39. The molecule has 0 spiro atoms. The molecule has 1 amide bonds. The van der Waals surface area contributed by atoms with Crippen molar-refractivity contribution in [3.63, 3.8) is 0 Å². The van der Waals surface area contributed by atoms with Crippen LogP contribution in [0.4, 0.5) is 10.1 Å². The molecule has 0 saturated heterocycles. The van der Waals surface area contributed by atoms with Crippen molar-refractivity contribution in [2.45, 2.75) is 6.92 Å². The molecular formula is C18H16FNO3. The third-order valence-electron chi connectivity index (χ3n) is 2.99. The second kappa shape index (κ2) is 7.89. The van der Waals surface area contributed by atoms with Gasteiger partial charge in [0.15, 0.2) is 6.61 Å². The average molecular weight is 313 g/mol. The fourth-order valence-corrected chi connectivity index (χ4v) is 1.79. The number of anilines is 1. The molecule has 1 N–H and O–H groups in total. The highest BCUT2D eigenvalue weighted by Crippen LogP contribution is 2.09. The molecule has 23 heavy (non-hydrogen) atoms. The van der Waals surface area contributed by atoms with Crippen LogP contribution in [0.15, 0.2) is 54.6 Å². The summed E-state index contributed by atoms with van der Waals surface area (Å²) < 4.78 is 18.2. The first kappa shape index (κ1) is 16.4. The molecular weight excluding hydrogens is 297 g/mol. The van der Waals surface area contributed by atoms with E-state index >= 15 is 0 Å². The number of nitrogens with one attached hydrogen (secondary N) is 1. The summed E-state index contributed by atoms with van der Waals surface area (Å²) in [6, 6.07) is 13.3. The molecule has 118 valence electrons. The Morgan fingerprint density at radius 1 is 1.13 bits per heavy atom. The predicted molar refractivity (Wildman–Crippen MR) is 86.2 cm³/mol. The van der Waals surface area contributed by atoms with Crippen molar-refractivity contribution in [1.29, 1.82) is 0 Å². The predicted octanol–water partition coefficient (Wildman–Crippen LogP) is 3.33. The maximum atomic E-state index is 13.4. The number of hydrogen-bond acceptors (Lipinski definition) is 3. The van der Waals surface area contributed by atoms with Gasteiger partial charge < -0.3 is 10.1 Å². The van der Waals surface area contributed by atoms with Crippen molar-refractivity contribution in [1.82, 2.24) is 0 Å². The zero-order valence-electron chi connectivity index (χ0n) is 12.6. The number of halogens is 1. The Labute approximate surface area is 133 Å². The van der Waals surface area contributed by atoms with Gasteiger partial charge in [0, 0.05) is 17.3 Å². The molecule has 0 unspecified atom stereocenters. The quantitative estimate of drug-likeness (QED) is 0.680. The van der Waals surface area contributed by atoms with E-state index in [0.29, 0.717) is 5.69 Å². The molecule has 2 aromatic rings. The maximum Gasteiger partial charge on any atom is 0.331 e. The average Bonchev–Trinajstić information content (AvgIpc) is 2.54. The lowest BCUT2D eigenvalue weighted by molar-refractivity contribution is -0.142. The normalized spacial score (nSPS) is 10.5. The molecule has 0 aliphatic rings. The van der Waals surface area contributed by atoms with Gasteiger partial charge in [-0.15, -0.1) is 0 Å². The summed E-state index contributed by atoms with van der Waals surface area (Å²) in [7, 11) is 0. The summed E-state index contributed by atoms with van der Waals surface area (Å²) >= 11 is 0. The number of benzene rings is 2. The van der Waals surface area contributed by atoms with Crippen LogP contribution in [0.1, 0.15) is 11.1 Å². The van der Waals surface area contributed by atoms with E-state index in [-0.39, 0.29) is 5.56 Å². The number of carbonyl (C=O) groups is 2. The van der Waals surface area contributed by atoms with Crippen LogP contribution in [0.3, 0.4) is 0 Å². The Hall–Kier alpha value is -2.95. The molecule has 0 aliphatic carbocycles. The fraction of sp³-hybridized carbons (Fsp3) is 0.111. The number of amides is 1. The van der Waals surface area contributed by atoms with Gasteiger partial charge >= 0.3 is 5.97 Å². The van der Waals surface area contributed by atoms with Crippen molar-refractivity contribution >= 4 is 23.6 Å². The van der Waals surface area contributed by atoms with Crippen molar-refractivity contribution in [3.8, 4) is 0 Å². The molecule has 0 bridgehead atoms. The number of ether oxygens (including phenoxy) is 1. The summed E-state index contributed by atoms with van der Waals surface area (Å²) in [5, 5.41) is 2.61. The lowest BCUT2D eigenvalue weighted by Crippen LogP contribution is -2.20. The Kier molecular flexibility index (Phi) is 5.63. The zero-order valence-corrected chi connectivity index (χ0v) is 12.6. The molecule has 0 aromatic heterocycles. The number of hydrogen-bond donors (Lipinski definition) is 1. The minimum atomic E-state index is -0.715. The van der Waals surface area contributed by atoms with Crippen LogP contribution in [0.25, 0.3) is 6.08 Å². The van der Waals surface area contributed by atoms with E-state index in [1.54, 1.807) is 24.3 Å². The summed E-state index contributed by atoms with van der Waals surface area (Å²) in [6.07, 6.45) is 2.38. The van der Waals surface area contributed by atoms with Gasteiger partial charge in [0.25, 0.3) is 5.91 Å². The third-order valence-corrected chi connectivity index (χ3v) is 2.99. The number of aryl methyl sites for hydroxylation is 1. The highest BCUT2D eigenvalue weighted by molar-refractivity contribution is 5.94. The first-order chi connectivity index (χ1) is 11.0. The van der Waals surface area contributed by atoms with Crippen LogP contribution < -0.4 is 5.32 Å². The smallest absolute Gasteiger partial charge is 0.331 e. The van der Waals surface area contributed by atoms with Crippen molar-refractivity contribution in [2.24, 2.45) is 0 Å². The summed E-state index contributed by atoms with van der Waals surface area (Å²) in [6.45, 7) is 1.53. The summed E-state index contributed by atoms with van der Waals surface area (Å²) in [5.74, 6) is -1.59. The standard InChI is InChI=1S/C18H16FNO3/c1-13-6-9-15(10-7-13)20-17(21)12-23-18(22)11-8-14-4-2-3-5-16(14)19/h2-11H,12H2,1H3,(H,20,21). The lowest BCUT2D eigenvalue weighted by Gasteiger charge is -2.05. The summed E-state index contributed by atoms with van der Waals surface area (Å²) in [5.41, 5.74) is 1.97. The Morgan fingerprint density at radius 3 is 2.52 bits per heavy atom. The van der Waals surface area contributed by atoms with Crippen LogP contribution in [-0.2, 0) is 14.3 Å². The second-order valence-corrected chi connectivity index (χ2v) is 4.88. The lowest BCUT2D eigenvalue weighted by atomic mass is 10.2. The molecule has 5 heteroatoms. The van der Waals surface area contributed by atoms with E-state index in [2.05, 4.69) is 5.32 Å². The first-order valence-corrected chi connectivity index (χ1v) is 7.00. The van der Waals surface area contributed by atoms with Crippen LogP contribution in [-0.4, -0.2) is 18.5 Å². The first-order valence-electron chi connectivity index (χ1n) is 7.00. The van der Waals surface area contributed by atoms with Gasteiger partial charge in [0.2, 0.25) is 0 Å². The van der Waals surface area contributed by atoms with Crippen LogP contribution >= 0.6 is 0 Å². The van der Waals surface area contributed by atoms with Gasteiger partial charge in [0.1, 0.15) is 5.82 Å². The van der Waals surface area contributed by atoms with E-state index < -0.39 is 24.3 Å². The van der Waals surface area contributed by atoms with Crippen LogP contribution in [0.5, 0.6) is 0 Å². The van der Waals surface area contributed by atoms with Crippen molar-refractivity contribution in [2.75, 3.05) is 11.9 Å². The fourth-order valence-electron chi connectivity index (χ4n) is 1.79. The Morgan fingerprint density at radius 2 is 1.83 bits per heavy atom. The van der Waals surface area contributed by atoms with Gasteiger partial charge in [-0.05, 0) is 31.2 Å². The molecule has 0 radical (unpaired) electrons. The van der Waals surface area contributed by atoms with Gasteiger partial charge in [-0.25, -0.2) is 9.18 Å². The molecule has 4 nitrogen and oxygen atoms in total. The van der Waals surface area contributed by atoms with E-state index in [1.165, 1.54) is 18.2 Å². The highest BCUT2D eigenvalue weighted by Gasteiger charge is 2.06. The molecule has 0 saturated carbocycles. The van der Waals surface area contributed by atoms with Crippen molar-refractivity contribution in [3.05, 3.63) is 71.6 Å². The van der Waals surface area contributed by atoms with Gasteiger partial charge in [0.05, 0.1) is 0 Å². The van der Waals surface area contributed by atoms with E-state index in [4.69, 9.17) is 4.74 Å². The number of rotatable bonds is 5. The molecule has 0 heterocycles. The zero-order chi connectivity index (χ0) is 16.7. The van der Waals surface area contributed by atoms with E-state index in [9.17, 15) is 14.0 Å². The maximum absolute atomic E-state index is 13.4. The number of carbonyl (C=O) groups excluding carboxylic acids is 2. The molecule has 2 rings (SSSR count).